The Morgan fingerprint density at radius 3 is 2.88 bits per heavy atom. The monoisotopic (exact) mass is 349 g/mol. The lowest BCUT2D eigenvalue weighted by Crippen LogP contribution is -2.09. The van der Waals surface area contributed by atoms with E-state index in [-0.39, 0.29) is 12.4 Å². The van der Waals surface area contributed by atoms with Crippen LogP contribution in [0.4, 0.5) is 0 Å². The first-order valence-electron chi connectivity index (χ1n) is 4.62. The van der Waals surface area contributed by atoms with E-state index in [1.165, 1.54) is 0 Å². The molecule has 0 amide bonds. The fourth-order valence-electron chi connectivity index (χ4n) is 1.24. The Kier molecular flexibility index (Phi) is 5.03. The molecular formula is C11H9ClINO2. The Morgan fingerprint density at radius 1 is 1.62 bits per heavy atom. The van der Waals surface area contributed by atoms with Crippen LogP contribution >= 0.6 is 34.2 Å². The van der Waals surface area contributed by atoms with Gasteiger partial charge in [0, 0.05) is 8.59 Å². The molecule has 0 fully saturated rings. The molecule has 0 saturated heterocycles. The van der Waals surface area contributed by atoms with Gasteiger partial charge < -0.3 is 4.74 Å². The molecule has 0 N–H and O–H groups in total. The summed E-state index contributed by atoms with van der Waals surface area (Å²) in [5.41, 5.74) is 0.952. The molecule has 5 heteroatoms. The Bertz CT molecular complexity index is 454. The molecule has 0 aromatic heterocycles. The van der Waals surface area contributed by atoms with Crippen molar-refractivity contribution in [3.05, 3.63) is 31.9 Å². The van der Waals surface area contributed by atoms with Gasteiger partial charge in [0.05, 0.1) is 24.7 Å². The molecule has 0 atom stereocenters. The van der Waals surface area contributed by atoms with E-state index in [1.807, 2.05) is 6.07 Å². The summed E-state index contributed by atoms with van der Waals surface area (Å²) in [6.07, 6.45) is 0.0342. The van der Waals surface area contributed by atoms with Crippen LogP contribution in [0.15, 0.2) is 12.1 Å². The van der Waals surface area contributed by atoms with E-state index in [1.54, 1.807) is 19.1 Å². The highest BCUT2D eigenvalue weighted by molar-refractivity contribution is 14.1. The van der Waals surface area contributed by atoms with Crippen molar-refractivity contribution < 1.29 is 9.53 Å². The predicted octanol–water partition coefficient (Wildman–Crippen LogP) is 2.92. The topological polar surface area (TPSA) is 50.1 Å². The molecule has 0 aliphatic carbocycles. The van der Waals surface area contributed by atoms with E-state index >= 15 is 0 Å². The third-order valence-electron chi connectivity index (χ3n) is 1.91. The van der Waals surface area contributed by atoms with E-state index in [0.717, 1.165) is 3.57 Å². The Labute approximate surface area is 112 Å². The van der Waals surface area contributed by atoms with Crippen molar-refractivity contribution in [1.82, 2.24) is 0 Å². The minimum atomic E-state index is -0.373. The van der Waals surface area contributed by atoms with Crippen LogP contribution in [0.25, 0.3) is 0 Å². The molecule has 3 nitrogen and oxygen atoms in total. The number of hydrogen-bond donors (Lipinski definition) is 0. The van der Waals surface area contributed by atoms with E-state index in [9.17, 15) is 4.79 Å². The summed E-state index contributed by atoms with van der Waals surface area (Å²) >= 11 is 8.06. The number of carbonyl (C=O) groups is 1. The van der Waals surface area contributed by atoms with Gasteiger partial charge in [0.1, 0.15) is 0 Å². The molecular weight excluding hydrogens is 340 g/mol. The first-order valence-corrected chi connectivity index (χ1v) is 6.07. The number of benzene rings is 1. The van der Waals surface area contributed by atoms with Gasteiger partial charge in [0.2, 0.25) is 0 Å². The third-order valence-corrected chi connectivity index (χ3v) is 2.87. The summed E-state index contributed by atoms with van der Waals surface area (Å²) in [5.74, 6) is -0.373. The minimum Gasteiger partial charge on any atom is -0.466 e. The first-order chi connectivity index (χ1) is 7.58. The standard InChI is InChI=1S/C11H9ClINO2/c1-2-16-11(15)5-9-7(6-14)3-8(13)4-10(9)12/h3-4H,2,5H2,1H3. The second-order valence-corrected chi connectivity index (χ2v) is 4.66. The Morgan fingerprint density at radius 2 is 2.31 bits per heavy atom. The molecule has 1 aromatic carbocycles. The lowest BCUT2D eigenvalue weighted by molar-refractivity contribution is -0.142. The van der Waals surface area contributed by atoms with E-state index in [2.05, 4.69) is 22.6 Å². The maximum atomic E-state index is 11.3. The van der Waals surface area contributed by atoms with Crippen LogP contribution < -0.4 is 0 Å². The summed E-state index contributed by atoms with van der Waals surface area (Å²) < 4.78 is 5.69. The number of ether oxygens (including phenoxy) is 1. The zero-order valence-corrected chi connectivity index (χ0v) is 11.5. The second-order valence-electron chi connectivity index (χ2n) is 3.01. The van der Waals surface area contributed by atoms with Gasteiger partial charge in [0.25, 0.3) is 0 Å². The van der Waals surface area contributed by atoms with Gasteiger partial charge in [-0.2, -0.15) is 5.26 Å². The molecule has 0 radical (unpaired) electrons. The average Bonchev–Trinajstić information content (AvgIpc) is 2.22. The highest BCUT2D eigenvalue weighted by Crippen LogP contribution is 2.24. The molecule has 0 spiro atoms. The van der Waals surface area contributed by atoms with Crippen LogP contribution in [-0.4, -0.2) is 12.6 Å². The van der Waals surface area contributed by atoms with Gasteiger partial charge in [-0.15, -0.1) is 0 Å². The van der Waals surface area contributed by atoms with Crippen molar-refractivity contribution in [3.63, 3.8) is 0 Å². The van der Waals surface area contributed by atoms with Crippen molar-refractivity contribution in [1.29, 1.82) is 5.26 Å². The summed E-state index contributed by atoms with van der Waals surface area (Å²) in [6.45, 7) is 2.06. The number of halogens is 2. The van der Waals surface area contributed by atoms with Crippen LogP contribution in [0.1, 0.15) is 18.1 Å². The fourth-order valence-corrected chi connectivity index (χ4v) is 2.33. The number of carbonyl (C=O) groups excluding carboxylic acids is 1. The summed E-state index contributed by atoms with van der Waals surface area (Å²) in [4.78, 5) is 11.3. The highest BCUT2D eigenvalue weighted by atomic mass is 127. The normalized spacial score (nSPS) is 9.62. The molecule has 0 heterocycles. The zero-order chi connectivity index (χ0) is 12.1. The fraction of sp³-hybridized carbons (Fsp3) is 0.273. The molecule has 0 aliphatic rings. The van der Waals surface area contributed by atoms with Crippen molar-refractivity contribution in [2.75, 3.05) is 6.61 Å². The number of nitriles is 1. The second kappa shape index (κ2) is 6.06. The van der Waals surface area contributed by atoms with E-state index in [4.69, 9.17) is 21.6 Å². The van der Waals surface area contributed by atoms with Crippen LogP contribution in [0.5, 0.6) is 0 Å². The molecule has 16 heavy (non-hydrogen) atoms. The highest BCUT2D eigenvalue weighted by Gasteiger charge is 2.13. The van der Waals surface area contributed by atoms with Crippen LogP contribution in [0.2, 0.25) is 5.02 Å². The number of nitrogens with zero attached hydrogens (tertiary/aromatic N) is 1. The van der Waals surface area contributed by atoms with Gasteiger partial charge in [0.15, 0.2) is 0 Å². The Balaban J connectivity index is 3.04. The SMILES string of the molecule is CCOC(=O)Cc1c(Cl)cc(I)cc1C#N. The largest absolute Gasteiger partial charge is 0.466 e. The molecule has 84 valence electrons. The number of esters is 1. The third kappa shape index (κ3) is 3.35. The van der Waals surface area contributed by atoms with E-state index in [0.29, 0.717) is 22.8 Å². The molecule has 0 unspecified atom stereocenters. The van der Waals surface area contributed by atoms with Crippen molar-refractivity contribution in [2.24, 2.45) is 0 Å². The van der Waals surface area contributed by atoms with Gasteiger partial charge in [-0.3, -0.25) is 4.79 Å². The van der Waals surface area contributed by atoms with Gasteiger partial charge in [-0.25, -0.2) is 0 Å². The summed E-state index contributed by atoms with van der Waals surface area (Å²) in [7, 11) is 0. The molecule has 0 bridgehead atoms. The van der Waals surface area contributed by atoms with Crippen LogP contribution in [0, 0.1) is 14.9 Å². The first kappa shape index (κ1) is 13.3. The maximum Gasteiger partial charge on any atom is 0.310 e. The smallest absolute Gasteiger partial charge is 0.310 e. The lowest BCUT2D eigenvalue weighted by atomic mass is 10.1. The number of hydrogen-bond acceptors (Lipinski definition) is 3. The van der Waals surface area contributed by atoms with Crippen molar-refractivity contribution in [2.45, 2.75) is 13.3 Å². The van der Waals surface area contributed by atoms with Crippen LogP contribution in [0.3, 0.4) is 0 Å². The maximum absolute atomic E-state index is 11.3. The molecule has 1 rings (SSSR count). The molecule has 1 aromatic rings. The summed E-state index contributed by atoms with van der Waals surface area (Å²) in [5, 5.41) is 9.37. The average molecular weight is 350 g/mol. The van der Waals surface area contributed by atoms with Crippen molar-refractivity contribution in [3.8, 4) is 6.07 Å². The van der Waals surface area contributed by atoms with E-state index < -0.39 is 0 Å². The zero-order valence-electron chi connectivity index (χ0n) is 8.59. The lowest BCUT2D eigenvalue weighted by Gasteiger charge is -2.07. The molecule has 0 saturated carbocycles. The predicted molar refractivity (Wildman–Crippen MR) is 69.2 cm³/mol. The molecule has 0 aliphatic heterocycles. The van der Waals surface area contributed by atoms with Crippen molar-refractivity contribution >= 4 is 40.2 Å². The van der Waals surface area contributed by atoms with Gasteiger partial charge >= 0.3 is 5.97 Å². The Hall–Kier alpha value is -0.800. The van der Waals surface area contributed by atoms with Gasteiger partial charge in [-0.05, 0) is 47.2 Å². The minimum absolute atomic E-state index is 0.0342. The quantitative estimate of drug-likeness (QED) is 0.623. The number of rotatable bonds is 3. The van der Waals surface area contributed by atoms with Gasteiger partial charge in [-0.1, -0.05) is 11.6 Å². The summed E-state index contributed by atoms with van der Waals surface area (Å²) in [6, 6.07) is 5.44. The van der Waals surface area contributed by atoms with Crippen LogP contribution in [-0.2, 0) is 16.0 Å².